The quantitative estimate of drug-likeness (QED) is 0.0751. The summed E-state index contributed by atoms with van der Waals surface area (Å²) in [6.07, 6.45) is 2.77. The molecule has 57 heavy (non-hydrogen) atoms. The van der Waals surface area contributed by atoms with Crippen LogP contribution < -0.4 is 20.1 Å². The lowest BCUT2D eigenvalue weighted by Crippen LogP contribution is -2.10. The van der Waals surface area contributed by atoms with Crippen LogP contribution in [0.5, 0.6) is 11.5 Å². The van der Waals surface area contributed by atoms with Gasteiger partial charge in [0.1, 0.15) is 46.4 Å². The van der Waals surface area contributed by atoms with E-state index in [0.717, 1.165) is 28.7 Å². The number of pyridine rings is 2. The molecule has 6 rings (SSSR count). The second-order valence-electron chi connectivity index (χ2n) is 12.3. The van der Waals surface area contributed by atoms with Crippen molar-refractivity contribution < 1.29 is 36.6 Å². The number of rotatable bonds is 11. The van der Waals surface area contributed by atoms with Crippen molar-refractivity contribution in [3.8, 4) is 23.3 Å². The van der Waals surface area contributed by atoms with Crippen LogP contribution in [-0.4, -0.2) is 61.3 Å². The average Bonchev–Trinajstić information content (AvgIpc) is 3.20. The van der Waals surface area contributed by atoms with Gasteiger partial charge in [-0.15, -0.1) is 0 Å². The minimum Gasteiger partial charge on any atom is -0.496 e. The van der Waals surface area contributed by atoms with Crippen molar-refractivity contribution in [3.63, 3.8) is 0 Å². The number of hydrogen-bond donors (Lipinski definition) is 2. The summed E-state index contributed by atoms with van der Waals surface area (Å²) in [7, 11) is 6.83. The first-order valence-electron chi connectivity index (χ1n) is 17.0. The van der Waals surface area contributed by atoms with Crippen LogP contribution in [0.2, 0.25) is 0 Å². The Hall–Kier alpha value is -6.56. The maximum atomic E-state index is 13.8. The Morgan fingerprint density at radius 2 is 1.16 bits per heavy atom. The second-order valence-corrected chi connectivity index (χ2v) is 13.2. The molecule has 0 aliphatic carbocycles. The summed E-state index contributed by atoms with van der Waals surface area (Å²) in [4.78, 5) is 35.9. The Morgan fingerprint density at radius 3 is 1.60 bits per heavy atom. The van der Waals surface area contributed by atoms with Gasteiger partial charge in [-0.2, -0.15) is 0 Å². The fourth-order valence-electron chi connectivity index (χ4n) is 5.09. The van der Waals surface area contributed by atoms with Crippen LogP contribution in [0.1, 0.15) is 37.4 Å². The molecular formula is C43H34BrF4N5O4. The van der Waals surface area contributed by atoms with E-state index in [4.69, 9.17) is 9.47 Å². The molecule has 14 heteroatoms. The Kier molecular flexibility index (Phi) is 14.1. The van der Waals surface area contributed by atoms with Crippen molar-refractivity contribution in [2.24, 2.45) is 0 Å². The molecule has 0 saturated heterocycles. The standard InChI is InChI=1S/C24H21F2N3O2.C19H13BrF2N2O2/c1-29(2)12-4-5-16-6-10-22(31-3)19(13-16)24(30)17-7-11-23(27-15-17)28-21-9-8-18(25)14-20(21)26;1-26-17-6-3-12(20)8-14(17)19(25)11-2-7-18(23-10-11)24-16-5-4-13(21)9-15(16)22/h6-11,13-15H,12H2,1-3H3,(H,27,28);2-10H,1H3,(H,23,24). The topological polar surface area (TPSA) is 106 Å². The lowest BCUT2D eigenvalue weighted by atomic mass is 10.0. The number of benzene rings is 4. The molecule has 6 aromatic rings. The minimum atomic E-state index is -0.737. The van der Waals surface area contributed by atoms with Gasteiger partial charge in [-0.25, -0.2) is 27.5 Å². The molecule has 0 aliphatic heterocycles. The van der Waals surface area contributed by atoms with Gasteiger partial charge in [-0.3, -0.25) is 14.5 Å². The Balaban J connectivity index is 0.000000221. The lowest BCUT2D eigenvalue weighted by molar-refractivity contribution is 0.102. The van der Waals surface area contributed by atoms with E-state index in [2.05, 4.69) is 48.4 Å². The summed E-state index contributed by atoms with van der Waals surface area (Å²) >= 11 is 3.33. The van der Waals surface area contributed by atoms with Crippen molar-refractivity contribution in [2.45, 2.75) is 0 Å². The van der Waals surface area contributed by atoms with E-state index in [9.17, 15) is 27.2 Å². The number of nitrogens with one attached hydrogen (secondary N) is 2. The second kappa shape index (κ2) is 19.3. The van der Waals surface area contributed by atoms with Crippen LogP contribution in [0.4, 0.5) is 40.6 Å². The van der Waals surface area contributed by atoms with Gasteiger partial charge in [-0.1, -0.05) is 27.8 Å². The molecule has 0 saturated carbocycles. The van der Waals surface area contributed by atoms with Crippen LogP contribution in [0.3, 0.4) is 0 Å². The first-order chi connectivity index (χ1) is 27.3. The van der Waals surface area contributed by atoms with Gasteiger partial charge in [0.05, 0.1) is 43.3 Å². The van der Waals surface area contributed by atoms with Gasteiger partial charge in [0.25, 0.3) is 0 Å². The van der Waals surface area contributed by atoms with Crippen molar-refractivity contribution in [1.29, 1.82) is 0 Å². The molecule has 0 atom stereocenters. The maximum absolute atomic E-state index is 13.8. The fraction of sp³-hybridized carbons (Fsp3) is 0.116. The normalized spacial score (nSPS) is 10.4. The van der Waals surface area contributed by atoms with Crippen molar-refractivity contribution in [1.82, 2.24) is 14.9 Å². The third-order valence-electron chi connectivity index (χ3n) is 7.92. The minimum absolute atomic E-state index is 0.0821. The molecule has 0 radical (unpaired) electrons. The van der Waals surface area contributed by atoms with Crippen LogP contribution in [0, 0.1) is 35.1 Å². The number of methoxy groups -OCH3 is 2. The van der Waals surface area contributed by atoms with Gasteiger partial charge in [0, 0.05) is 45.7 Å². The van der Waals surface area contributed by atoms with Gasteiger partial charge in [0.2, 0.25) is 0 Å². The molecule has 2 aromatic heterocycles. The third kappa shape index (κ3) is 11.3. The van der Waals surface area contributed by atoms with Crippen LogP contribution in [0.15, 0.2) is 114 Å². The molecule has 2 N–H and O–H groups in total. The molecule has 2 heterocycles. The zero-order valence-electron chi connectivity index (χ0n) is 31.0. The highest BCUT2D eigenvalue weighted by atomic mass is 79.9. The van der Waals surface area contributed by atoms with E-state index in [0.29, 0.717) is 57.5 Å². The first-order valence-corrected chi connectivity index (χ1v) is 17.7. The largest absolute Gasteiger partial charge is 0.496 e. The molecular weight excluding hydrogens is 806 g/mol. The zero-order valence-corrected chi connectivity index (χ0v) is 32.5. The molecule has 0 spiro atoms. The number of halogens is 5. The number of anilines is 4. The molecule has 0 unspecified atom stereocenters. The number of carbonyl (C=O) groups excluding carboxylic acids is 2. The van der Waals surface area contributed by atoms with Crippen LogP contribution in [0.25, 0.3) is 0 Å². The van der Waals surface area contributed by atoms with E-state index < -0.39 is 23.3 Å². The molecule has 290 valence electrons. The van der Waals surface area contributed by atoms with E-state index in [1.807, 2.05) is 19.0 Å². The molecule has 0 aliphatic rings. The van der Waals surface area contributed by atoms with E-state index in [-0.39, 0.29) is 22.9 Å². The predicted molar refractivity (Wildman–Crippen MR) is 214 cm³/mol. The van der Waals surface area contributed by atoms with E-state index in [1.54, 1.807) is 60.7 Å². The van der Waals surface area contributed by atoms with Crippen molar-refractivity contribution in [3.05, 3.63) is 165 Å². The Morgan fingerprint density at radius 1 is 0.667 bits per heavy atom. The summed E-state index contributed by atoms with van der Waals surface area (Å²) in [6, 6.07) is 22.9. The van der Waals surface area contributed by atoms with E-state index in [1.165, 1.54) is 38.7 Å². The summed E-state index contributed by atoms with van der Waals surface area (Å²) in [5, 5.41) is 5.50. The van der Waals surface area contributed by atoms with Crippen LogP contribution >= 0.6 is 15.9 Å². The van der Waals surface area contributed by atoms with Gasteiger partial charge >= 0.3 is 0 Å². The summed E-state index contributed by atoms with van der Waals surface area (Å²) in [5.74, 6) is 4.26. The van der Waals surface area contributed by atoms with Gasteiger partial charge in [0.15, 0.2) is 11.6 Å². The lowest BCUT2D eigenvalue weighted by Gasteiger charge is -2.10. The van der Waals surface area contributed by atoms with E-state index >= 15 is 0 Å². The third-order valence-corrected chi connectivity index (χ3v) is 8.41. The summed E-state index contributed by atoms with van der Waals surface area (Å²) in [5.41, 5.74) is 2.32. The van der Waals surface area contributed by atoms with Crippen LogP contribution in [-0.2, 0) is 0 Å². The summed E-state index contributed by atoms with van der Waals surface area (Å²) in [6.45, 7) is 0.600. The summed E-state index contributed by atoms with van der Waals surface area (Å²) < 4.78 is 64.8. The highest BCUT2D eigenvalue weighted by molar-refractivity contribution is 9.10. The SMILES string of the molecule is COc1ccc(Br)cc1C(=O)c1ccc(Nc2ccc(F)cc2F)nc1.COc1ccc(C#CCN(C)C)cc1C(=O)c1ccc(Nc2ccc(F)cc2F)nc1. The first kappa shape index (κ1) is 41.6. The Bertz CT molecular complexity index is 2450. The maximum Gasteiger partial charge on any atom is 0.198 e. The number of carbonyl (C=O) groups is 2. The number of aromatic nitrogens is 2. The monoisotopic (exact) mass is 839 g/mol. The number of hydrogen-bond acceptors (Lipinski definition) is 9. The number of nitrogens with zero attached hydrogens (tertiary/aromatic N) is 3. The number of ketones is 2. The Labute approximate surface area is 334 Å². The highest BCUT2D eigenvalue weighted by Crippen LogP contribution is 2.27. The molecule has 9 nitrogen and oxygen atoms in total. The number of ether oxygens (including phenoxy) is 2. The van der Waals surface area contributed by atoms with Gasteiger partial charge in [-0.05, 0) is 99.0 Å². The molecule has 0 bridgehead atoms. The highest BCUT2D eigenvalue weighted by Gasteiger charge is 2.17. The van der Waals surface area contributed by atoms with Crippen molar-refractivity contribution >= 4 is 50.5 Å². The predicted octanol–water partition coefficient (Wildman–Crippen LogP) is 9.36. The average molecular weight is 841 g/mol. The zero-order chi connectivity index (χ0) is 41.1. The van der Waals surface area contributed by atoms with Gasteiger partial charge < -0.3 is 20.1 Å². The molecule has 0 amide bonds. The van der Waals surface area contributed by atoms with Crippen molar-refractivity contribution in [2.75, 3.05) is 45.5 Å². The smallest absolute Gasteiger partial charge is 0.198 e. The fourth-order valence-corrected chi connectivity index (χ4v) is 5.45. The molecule has 0 fully saturated rings. The molecule has 4 aromatic carbocycles.